The zero-order valence-corrected chi connectivity index (χ0v) is 9.20. The van der Waals surface area contributed by atoms with E-state index in [1.165, 1.54) is 6.26 Å². The van der Waals surface area contributed by atoms with E-state index in [1.807, 2.05) is 4.90 Å². The third kappa shape index (κ3) is 2.90. The molecule has 74 valence electrons. The van der Waals surface area contributed by atoms with Gasteiger partial charge in [-0.25, -0.2) is 8.42 Å². The van der Waals surface area contributed by atoms with Gasteiger partial charge in [-0.05, 0) is 0 Å². The number of nitrogens with zero attached hydrogens (tertiary/aromatic N) is 1. The lowest BCUT2D eigenvalue weighted by molar-refractivity contribution is 0.304. The van der Waals surface area contributed by atoms with E-state index in [1.54, 1.807) is 11.8 Å². The summed E-state index contributed by atoms with van der Waals surface area (Å²) in [5, 5.41) is -0.387. The summed E-state index contributed by atoms with van der Waals surface area (Å²) in [7, 11) is -2.99. The fraction of sp³-hybridized carbons (Fsp3) is 0.750. The van der Waals surface area contributed by atoms with Gasteiger partial charge in [-0.3, -0.25) is 4.90 Å². The molecule has 1 rings (SSSR count). The van der Waals surface area contributed by atoms with E-state index in [-0.39, 0.29) is 5.37 Å². The first-order valence-corrected chi connectivity index (χ1v) is 7.11. The molecule has 0 saturated carbocycles. The van der Waals surface area contributed by atoms with Crippen LogP contribution in [0.15, 0.2) is 0 Å². The van der Waals surface area contributed by atoms with Crippen molar-refractivity contribution >= 4 is 21.6 Å². The number of terminal acetylenes is 1. The Hall–Kier alpha value is -0.180. The number of thioether (sulfide) groups is 1. The fourth-order valence-corrected chi connectivity index (χ4v) is 4.25. The maximum atomic E-state index is 11.3. The van der Waals surface area contributed by atoms with Gasteiger partial charge in [-0.2, -0.15) is 11.8 Å². The molecule has 1 saturated heterocycles. The Balaban J connectivity index is 2.74. The lowest BCUT2D eigenvalue weighted by Gasteiger charge is -2.32. The Morgan fingerprint density at radius 2 is 2.38 bits per heavy atom. The van der Waals surface area contributed by atoms with Crippen LogP contribution < -0.4 is 0 Å². The van der Waals surface area contributed by atoms with Gasteiger partial charge >= 0.3 is 0 Å². The van der Waals surface area contributed by atoms with Crippen LogP contribution in [0.5, 0.6) is 0 Å². The molecule has 1 heterocycles. The van der Waals surface area contributed by atoms with E-state index in [0.29, 0.717) is 12.3 Å². The minimum atomic E-state index is -2.99. The molecule has 13 heavy (non-hydrogen) atoms. The van der Waals surface area contributed by atoms with E-state index >= 15 is 0 Å². The van der Waals surface area contributed by atoms with Gasteiger partial charge in [0.1, 0.15) is 5.37 Å². The van der Waals surface area contributed by atoms with Gasteiger partial charge in [0.25, 0.3) is 0 Å². The van der Waals surface area contributed by atoms with Crippen molar-refractivity contribution in [3.8, 4) is 12.3 Å². The molecule has 0 aromatic heterocycles. The summed E-state index contributed by atoms with van der Waals surface area (Å²) in [6, 6.07) is 0. The van der Waals surface area contributed by atoms with Gasteiger partial charge in [-0.1, -0.05) is 5.92 Å². The fourth-order valence-electron chi connectivity index (χ4n) is 1.31. The van der Waals surface area contributed by atoms with Crippen LogP contribution in [0.1, 0.15) is 0 Å². The SMILES string of the molecule is C#CCN1CCSCC1S(C)(=O)=O. The quantitative estimate of drug-likeness (QED) is 0.615. The van der Waals surface area contributed by atoms with Gasteiger partial charge in [0.15, 0.2) is 9.84 Å². The first-order chi connectivity index (χ1) is 6.05. The lowest BCUT2D eigenvalue weighted by Crippen LogP contribution is -2.46. The smallest absolute Gasteiger partial charge is 0.164 e. The molecular formula is C8H13NO2S2. The molecule has 0 bridgehead atoms. The van der Waals surface area contributed by atoms with Crippen LogP contribution in [-0.2, 0) is 9.84 Å². The minimum Gasteiger partial charge on any atom is -0.275 e. The largest absolute Gasteiger partial charge is 0.275 e. The normalized spacial score (nSPS) is 25.4. The Morgan fingerprint density at radius 1 is 1.69 bits per heavy atom. The molecule has 1 atom stereocenters. The Kier molecular flexibility index (Phi) is 3.65. The van der Waals surface area contributed by atoms with Crippen molar-refractivity contribution in [2.45, 2.75) is 5.37 Å². The van der Waals surface area contributed by atoms with Crippen LogP contribution in [0.3, 0.4) is 0 Å². The molecular weight excluding hydrogens is 206 g/mol. The zero-order valence-electron chi connectivity index (χ0n) is 7.56. The Bertz CT molecular complexity index is 305. The molecule has 1 aliphatic rings. The first-order valence-electron chi connectivity index (χ1n) is 4.00. The maximum Gasteiger partial charge on any atom is 0.164 e. The van der Waals surface area contributed by atoms with Crippen LogP contribution >= 0.6 is 11.8 Å². The van der Waals surface area contributed by atoms with Crippen LogP contribution in [0.25, 0.3) is 0 Å². The molecule has 0 aliphatic carbocycles. The lowest BCUT2D eigenvalue weighted by atomic mass is 10.5. The Morgan fingerprint density at radius 3 is 2.92 bits per heavy atom. The second kappa shape index (κ2) is 4.36. The van der Waals surface area contributed by atoms with Crippen molar-refractivity contribution in [2.75, 3.05) is 30.9 Å². The van der Waals surface area contributed by atoms with Crippen LogP contribution in [0, 0.1) is 12.3 Å². The van der Waals surface area contributed by atoms with Crippen molar-refractivity contribution in [2.24, 2.45) is 0 Å². The average Bonchev–Trinajstić information content (AvgIpc) is 2.04. The number of rotatable bonds is 2. The van der Waals surface area contributed by atoms with E-state index in [4.69, 9.17) is 6.42 Å². The highest BCUT2D eigenvalue weighted by molar-refractivity contribution is 8.00. The Labute approximate surface area is 83.8 Å². The minimum absolute atomic E-state index is 0.387. The highest BCUT2D eigenvalue weighted by Gasteiger charge is 2.29. The summed E-state index contributed by atoms with van der Waals surface area (Å²) in [6.45, 7) is 1.20. The van der Waals surface area contributed by atoms with Crippen LogP contribution in [-0.4, -0.2) is 49.5 Å². The predicted octanol–water partition coefficient (Wildman–Crippen LogP) is 0.0391. The van der Waals surface area contributed by atoms with Crippen molar-refractivity contribution in [1.82, 2.24) is 4.90 Å². The summed E-state index contributed by atoms with van der Waals surface area (Å²) in [5.41, 5.74) is 0. The summed E-state index contributed by atoms with van der Waals surface area (Å²) in [4.78, 5) is 1.85. The van der Waals surface area contributed by atoms with Crippen molar-refractivity contribution < 1.29 is 8.42 Å². The summed E-state index contributed by atoms with van der Waals surface area (Å²) in [5.74, 6) is 4.10. The number of sulfone groups is 1. The van der Waals surface area contributed by atoms with Gasteiger partial charge in [-0.15, -0.1) is 6.42 Å². The highest BCUT2D eigenvalue weighted by atomic mass is 32.2. The summed E-state index contributed by atoms with van der Waals surface area (Å²) in [6.07, 6.45) is 6.44. The zero-order chi connectivity index (χ0) is 9.90. The molecule has 0 spiro atoms. The maximum absolute atomic E-state index is 11.3. The molecule has 0 radical (unpaired) electrons. The molecule has 0 amide bonds. The van der Waals surface area contributed by atoms with E-state index < -0.39 is 9.84 Å². The molecule has 5 heteroatoms. The van der Waals surface area contributed by atoms with Gasteiger partial charge in [0.2, 0.25) is 0 Å². The van der Waals surface area contributed by atoms with Crippen LogP contribution in [0.2, 0.25) is 0 Å². The molecule has 1 unspecified atom stereocenters. The molecule has 1 aliphatic heterocycles. The van der Waals surface area contributed by atoms with Crippen LogP contribution in [0.4, 0.5) is 0 Å². The van der Waals surface area contributed by atoms with Gasteiger partial charge in [0.05, 0.1) is 6.54 Å². The van der Waals surface area contributed by atoms with E-state index in [9.17, 15) is 8.42 Å². The first kappa shape index (κ1) is 10.9. The molecule has 3 nitrogen and oxygen atoms in total. The average molecular weight is 219 g/mol. The standard InChI is InChI=1S/C8H13NO2S2/c1-3-4-9-5-6-12-7-8(9)13(2,10)11/h1,8H,4-7H2,2H3. The van der Waals surface area contributed by atoms with E-state index in [2.05, 4.69) is 5.92 Å². The second-order valence-electron chi connectivity index (χ2n) is 3.03. The molecule has 1 fully saturated rings. The monoisotopic (exact) mass is 219 g/mol. The van der Waals surface area contributed by atoms with Gasteiger partial charge in [0, 0.05) is 24.3 Å². The third-order valence-corrected chi connectivity index (χ3v) is 4.67. The summed E-state index contributed by atoms with van der Waals surface area (Å²) < 4.78 is 22.7. The highest BCUT2D eigenvalue weighted by Crippen LogP contribution is 2.19. The second-order valence-corrected chi connectivity index (χ2v) is 6.39. The molecule has 0 N–H and O–H groups in total. The molecule has 0 aromatic rings. The number of hydrogen-bond acceptors (Lipinski definition) is 4. The van der Waals surface area contributed by atoms with Crippen molar-refractivity contribution in [1.29, 1.82) is 0 Å². The topological polar surface area (TPSA) is 37.4 Å². The van der Waals surface area contributed by atoms with Crippen molar-refractivity contribution in [3.63, 3.8) is 0 Å². The summed E-state index contributed by atoms with van der Waals surface area (Å²) >= 11 is 1.67. The third-order valence-electron chi connectivity index (χ3n) is 1.98. The molecule has 0 aromatic carbocycles. The van der Waals surface area contributed by atoms with Gasteiger partial charge < -0.3 is 0 Å². The number of hydrogen-bond donors (Lipinski definition) is 0. The predicted molar refractivity (Wildman–Crippen MR) is 56.4 cm³/mol. The van der Waals surface area contributed by atoms with E-state index in [0.717, 1.165) is 12.3 Å². The van der Waals surface area contributed by atoms with Crippen molar-refractivity contribution in [3.05, 3.63) is 0 Å².